The Labute approximate surface area is 116 Å². The lowest BCUT2D eigenvalue weighted by Crippen LogP contribution is -2.43. The molecule has 0 aromatic rings. The molecule has 0 spiro atoms. The fraction of sp³-hybridized carbons (Fsp3) is 0.929. The number of carbonyl (C=O) groups excluding carboxylic acids is 1. The standard InChI is InChI=1S/C14H29N3O2/c1-11(2)17-14(18)5-4-12(3)15-10-16-13-6-8-19-9-7-13/h11-13,15-16H,4-10H2,1-3H3,(H,17,18). The van der Waals surface area contributed by atoms with Crippen molar-refractivity contribution < 1.29 is 9.53 Å². The molecule has 5 heteroatoms. The van der Waals surface area contributed by atoms with Crippen molar-refractivity contribution in [3.05, 3.63) is 0 Å². The van der Waals surface area contributed by atoms with Gasteiger partial charge in [-0.05, 0) is 40.0 Å². The van der Waals surface area contributed by atoms with Gasteiger partial charge in [0.25, 0.3) is 0 Å². The van der Waals surface area contributed by atoms with E-state index in [1.807, 2.05) is 13.8 Å². The highest BCUT2D eigenvalue weighted by atomic mass is 16.5. The van der Waals surface area contributed by atoms with E-state index in [9.17, 15) is 4.79 Å². The van der Waals surface area contributed by atoms with E-state index >= 15 is 0 Å². The summed E-state index contributed by atoms with van der Waals surface area (Å²) in [5.41, 5.74) is 0. The molecule has 1 atom stereocenters. The predicted octanol–water partition coefficient (Wildman–Crippen LogP) is 0.995. The van der Waals surface area contributed by atoms with Gasteiger partial charge in [0, 0.05) is 44.4 Å². The van der Waals surface area contributed by atoms with Crippen LogP contribution in [-0.4, -0.2) is 43.9 Å². The Morgan fingerprint density at radius 1 is 1.26 bits per heavy atom. The van der Waals surface area contributed by atoms with Crippen LogP contribution in [-0.2, 0) is 9.53 Å². The summed E-state index contributed by atoms with van der Waals surface area (Å²) in [5.74, 6) is 0.140. The molecule has 1 aliphatic rings. The summed E-state index contributed by atoms with van der Waals surface area (Å²) in [6.45, 7) is 8.62. The molecular formula is C14H29N3O2. The summed E-state index contributed by atoms with van der Waals surface area (Å²) in [4.78, 5) is 11.5. The Balaban J connectivity index is 2.00. The van der Waals surface area contributed by atoms with Gasteiger partial charge in [-0.3, -0.25) is 4.79 Å². The first-order valence-corrected chi connectivity index (χ1v) is 7.41. The van der Waals surface area contributed by atoms with E-state index in [0.717, 1.165) is 39.1 Å². The van der Waals surface area contributed by atoms with Crippen LogP contribution in [0.15, 0.2) is 0 Å². The fourth-order valence-corrected chi connectivity index (χ4v) is 2.12. The molecule has 3 N–H and O–H groups in total. The molecule has 1 amide bonds. The molecule has 1 heterocycles. The average molecular weight is 271 g/mol. The van der Waals surface area contributed by atoms with Crippen molar-refractivity contribution in [2.45, 2.75) is 64.6 Å². The van der Waals surface area contributed by atoms with Gasteiger partial charge in [0.05, 0.1) is 0 Å². The van der Waals surface area contributed by atoms with Gasteiger partial charge in [0.2, 0.25) is 5.91 Å². The Morgan fingerprint density at radius 2 is 1.95 bits per heavy atom. The molecule has 112 valence electrons. The summed E-state index contributed by atoms with van der Waals surface area (Å²) in [6.07, 6.45) is 3.64. The Bertz CT molecular complexity index is 253. The summed E-state index contributed by atoms with van der Waals surface area (Å²) in [5, 5.41) is 9.80. The molecule has 1 fully saturated rings. The third-order valence-corrected chi connectivity index (χ3v) is 3.32. The zero-order valence-corrected chi connectivity index (χ0v) is 12.5. The topological polar surface area (TPSA) is 62.4 Å². The van der Waals surface area contributed by atoms with E-state index in [4.69, 9.17) is 4.74 Å². The fourth-order valence-electron chi connectivity index (χ4n) is 2.12. The lowest BCUT2D eigenvalue weighted by Gasteiger charge is -2.24. The van der Waals surface area contributed by atoms with Crippen LogP contribution in [0.5, 0.6) is 0 Å². The first-order chi connectivity index (χ1) is 9.08. The Morgan fingerprint density at radius 3 is 2.58 bits per heavy atom. The zero-order valence-electron chi connectivity index (χ0n) is 12.5. The van der Waals surface area contributed by atoms with Crippen LogP contribution < -0.4 is 16.0 Å². The van der Waals surface area contributed by atoms with Crippen molar-refractivity contribution in [2.75, 3.05) is 19.9 Å². The summed E-state index contributed by atoms with van der Waals surface area (Å²) >= 11 is 0. The second kappa shape index (κ2) is 9.28. The van der Waals surface area contributed by atoms with Gasteiger partial charge in [-0.1, -0.05) is 0 Å². The normalized spacial score (nSPS) is 18.5. The number of amides is 1. The van der Waals surface area contributed by atoms with E-state index < -0.39 is 0 Å². The molecule has 0 aliphatic carbocycles. The van der Waals surface area contributed by atoms with Gasteiger partial charge in [-0.15, -0.1) is 0 Å². The maximum Gasteiger partial charge on any atom is 0.220 e. The molecule has 0 saturated carbocycles. The van der Waals surface area contributed by atoms with Crippen LogP contribution >= 0.6 is 0 Å². The molecule has 5 nitrogen and oxygen atoms in total. The summed E-state index contributed by atoms with van der Waals surface area (Å²) < 4.78 is 5.32. The number of rotatable bonds is 8. The van der Waals surface area contributed by atoms with Gasteiger partial charge >= 0.3 is 0 Å². The largest absolute Gasteiger partial charge is 0.381 e. The number of hydrogen-bond acceptors (Lipinski definition) is 4. The van der Waals surface area contributed by atoms with Crippen molar-refractivity contribution in [1.82, 2.24) is 16.0 Å². The number of ether oxygens (including phenoxy) is 1. The van der Waals surface area contributed by atoms with E-state index in [-0.39, 0.29) is 11.9 Å². The van der Waals surface area contributed by atoms with Crippen molar-refractivity contribution in [2.24, 2.45) is 0 Å². The second-order valence-corrected chi connectivity index (χ2v) is 5.63. The highest BCUT2D eigenvalue weighted by Gasteiger charge is 2.13. The third kappa shape index (κ3) is 8.18. The Kier molecular flexibility index (Phi) is 8.02. The maximum absolute atomic E-state index is 11.5. The van der Waals surface area contributed by atoms with E-state index in [2.05, 4.69) is 22.9 Å². The molecule has 0 radical (unpaired) electrons. The number of hydrogen-bond donors (Lipinski definition) is 3. The first-order valence-electron chi connectivity index (χ1n) is 7.41. The van der Waals surface area contributed by atoms with E-state index in [0.29, 0.717) is 18.5 Å². The van der Waals surface area contributed by atoms with E-state index in [1.165, 1.54) is 0 Å². The number of nitrogens with one attached hydrogen (secondary N) is 3. The minimum absolute atomic E-state index is 0.140. The molecule has 0 aromatic heterocycles. The molecule has 1 saturated heterocycles. The SMILES string of the molecule is CC(C)NC(=O)CCC(C)NCNC1CCOCC1. The van der Waals surface area contributed by atoms with Crippen LogP contribution in [0.2, 0.25) is 0 Å². The molecule has 1 aliphatic heterocycles. The molecule has 1 rings (SSSR count). The minimum atomic E-state index is 0.140. The summed E-state index contributed by atoms with van der Waals surface area (Å²) in [7, 11) is 0. The van der Waals surface area contributed by atoms with Gasteiger partial charge in [0.1, 0.15) is 0 Å². The Hall–Kier alpha value is -0.650. The average Bonchev–Trinajstić information content (AvgIpc) is 2.37. The summed E-state index contributed by atoms with van der Waals surface area (Å²) in [6, 6.07) is 1.15. The van der Waals surface area contributed by atoms with Crippen LogP contribution in [0, 0.1) is 0 Å². The first kappa shape index (κ1) is 16.4. The van der Waals surface area contributed by atoms with Gasteiger partial charge in [-0.2, -0.15) is 0 Å². The monoisotopic (exact) mass is 271 g/mol. The lowest BCUT2D eigenvalue weighted by atomic mass is 10.1. The van der Waals surface area contributed by atoms with Crippen LogP contribution in [0.3, 0.4) is 0 Å². The van der Waals surface area contributed by atoms with Gasteiger partial charge in [0.15, 0.2) is 0 Å². The molecule has 1 unspecified atom stereocenters. The highest BCUT2D eigenvalue weighted by Crippen LogP contribution is 2.05. The van der Waals surface area contributed by atoms with Crippen molar-refractivity contribution >= 4 is 5.91 Å². The maximum atomic E-state index is 11.5. The van der Waals surface area contributed by atoms with Crippen LogP contribution in [0.1, 0.15) is 46.5 Å². The number of carbonyl (C=O) groups is 1. The predicted molar refractivity (Wildman–Crippen MR) is 77.0 cm³/mol. The lowest BCUT2D eigenvalue weighted by molar-refractivity contribution is -0.121. The van der Waals surface area contributed by atoms with Crippen molar-refractivity contribution in [3.8, 4) is 0 Å². The van der Waals surface area contributed by atoms with Crippen molar-refractivity contribution in [1.29, 1.82) is 0 Å². The van der Waals surface area contributed by atoms with Gasteiger partial charge < -0.3 is 20.7 Å². The molecular weight excluding hydrogens is 242 g/mol. The molecule has 0 bridgehead atoms. The van der Waals surface area contributed by atoms with Gasteiger partial charge in [-0.25, -0.2) is 0 Å². The highest BCUT2D eigenvalue weighted by molar-refractivity contribution is 5.76. The quantitative estimate of drug-likeness (QED) is 0.576. The smallest absolute Gasteiger partial charge is 0.220 e. The third-order valence-electron chi connectivity index (χ3n) is 3.32. The minimum Gasteiger partial charge on any atom is -0.381 e. The zero-order chi connectivity index (χ0) is 14.1. The van der Waals surface area contributed by atoms with Crippen molar-refractivity contribution in [3.63, 3.8) is 0 Å². The van der Waals surface area contributed by atoms with Crippen LogP contribution in [0.25, 0.3) is 0 Å². The molecule has 0 aromatic carbocycles. The molecule has 19 heavy (non-hydrogen) atoms. The van der Waals surface area contributed by atoms with E-state index in [1.54, 1.807) is 0 Å². The second-order valence-electron chi connectivity index (χ2n) is 5.63. The van der Waals surface area contributed by atoms with Crippen LogP contribution in [0.4, 0.5) is 0 Å².